The van der Waals surface area contributed by atoms with Crippen LogP contribution in [0.1, 0.15) is 63.9 Å². The minimum atomic E-state index is -0.298. The van der Waals surface area contributed by atoms with Gasteiger partial charge in [0.25, 0.3) is 5.56 Å². The van der Waals surface area contributed by atoms with Crippen LogP contribution in [0.4, 0.5) is 0 Å². The molecule has 1 atom stereocenters. The van der Waals surface area contributed by atoms with Crippen molar-refractivity contribution < 1.29 is 24.7 Å². The van der Waals surface area contributed by atoms with Crippen LogP contribution in [0.2, 0.25) is 5.02 Å². The molecule has 30 heavy (non-hydrogen) atoms. The van der Waals surface area contributed by atoms with Crippen molar-refractivity contribution in [1.29, 1.82) is 0 Å². The number of Topliss-reactive ketones (excluding diaryl/α,β-unsaturated/α-hetero) is 1. The van der Waals surface area contributed by atoms with Gasteiger partial charge in [-0.1, -0.05) is 18.5 Å². The number of hydrogen-bond donors (Lipinski definition) is 1. The van der Waals surface area contributed by atoms with E-state index in [0.29, 0.717) is 34.7 Å². The van der Waals surface area contributed by atoms with E-state index < -0.39 is 0 Å². The van der Waals surface area contributed by atoms with E-state index in [1.54, 1.807) is 25.1 Å². The number of nitrogens with zero attached hydrogens (tertiary/aromatic N) is 1. The molecule has 1 aromatic heterocycles. The highest BCUT2D eigenvalue weighted by molar-refractivity contribution is 6.31. The van der Waals surface area contributed by atoms with Gasteiger partial charge in [0.1, 0.15) is 0 Å². The second-order valence-corrected chi connectivity index (χ2v) is 8.46. The van der Waals surface area contributed by atoms with Crippen molar-refractivity contribution in [3.05, 3.63) is 51.4 Å². The predicted octanol–water partition coefficient (Wildman–Crippen LogP) is 5.31. The first-order chi connectivity index (χ1) is 14.1. The van der Waals surface area contributed by atoms with Crippen molar-refractivity contribution in [2.45, 2.75) is 59.1 Å². The fourth-order valence-electron chi connectivity index (χ4n) is 3.04. The number of ether oxygens (including phenoxy) is 1. The maximum absolute atomic E-state index is 12.9. The number of ketones is 1. The van der Waals surface area contributed by atoms with E-state index in [-0.39, 0.29) is 35.2 Å². The summed E-state index contributed by atoms with van der Waals surface area (Å²) in [5.74, 6) is -0.0393. The van der Waals surface area contributed by atoms with E-state index in [2.05, 4.69) is 5.04 Å². The second kappa shape index (κ2) is 10.2. The van der Waals surface area contributed by atoms with Crippen molar-refractivity contribution in [1.82, 2.24) is 4.57 Å². The normalized spacial score (nSPS) is 12.6. The number of carbonyl (C=O) groups excluding carboxylic acids is 1. The van der Waals surface area contributed by atoms with Gasteiger partial charge in [-0.25, -0.2) is 5.26 Å². The zero-order valence-electron chi connectivity index (χ0n) is 17.9. The summed E-state index contributed by atoms with van der Waals surface area (Å²) in [4.78, 5) is 30.2. The number of benzene rings is 1. The third-order valence-electron chi connectivity index (χ3n) is 4.61. The lowest BCUT2D eigenvalue weighted by atomic mass is 9.96. The molecule has 0 aliphatic heterocycles. The summed E-state index contributed by atoms with van der Waals surface area (Å²) >= 11 is 6.13. The van der Waals surface area contributed by atoms with Crippen LogP contribution in [0.25, 0.3) is 11.1 Å². The first-order valence-corrected chi connectivity index (χ1v) is 10.2. The fourth-order valence-corrected chi connectivity index (χ4v) is 3.21. The molecule has 0 aliphatic rings. The van der Waals surface area contributed by atoms with Gasteiger partial charge in [-0.15, -0.1) is 0 Å². The van der Waals surface area contributed by atoms with E-state index in [9.17, 15) is 9.59 Å². The Morgan fingerprint density at radius 1 is 1.23 bits per heavy atom. The zero-order chi connectivity index (χ0) is 22.5. The molecule has 1 unspecified atom stereocenters. The molecule has 8 heteroatoms. The number of halogens is 1. The lowest BCUT2D eigenvalue weighted by Gasteiger charge is -2.22. The predicted molar refractivity (Wildman–Crippen MR) is 115 cm³/mol. The highest BCUT2D eigenvalue weighted by Crippen LogP contribution is 2.34. The Labute approximate surface area is 181 Å². The van der Waals surface area contributed by atoms with Crippen LogP contribution in [-0.4, -0.2) is 27.8 Å². The van der Waals surface area contributed by atoms with Crippen LogP contribution in [0.5, 0.6) is 5.75 Å². The average Bonchev–Trinajstić information content (AvgIpc) is 2.67. The van der Waals surface area contributed by atoms with Gasteiger partial charge in [0.15, 0.2) is 11.5 Å². The molecule has 1 aromatic carbocycles. The first-order valence-electron chi connectivity index (χ1n) is 9.78. The molecule has 0 radical (unpaired) electrons. The topological polar surface area (TPSA) is 87.0 Å². The summed E-state index contributed by atoms with van der Waals surface area (Å²) in [6.45, 7) is 9.97. The minimum absolute atomic E-state index is 0.0770. The molecular weight excluding hydrogens is 410 g/mol. The Balaban J connectivity index is 2.49. The van der Waals surface area contributed by atoms with Crippen LogP contribution < -0.4 is 10.4 Å². The van der Waals surface area contributed by atoms with E-state index in [0.717, 1.165) is 0 Å². The van der Waals surface area contributed by atoms with Crippen LogP contribution in [0, 0.1) is 0 Å². The lowest BCUT2D eigenvalue weighted by molar-refractivity contribution is -0.438. The highest BCUT2D eigenvalue weighted by atomic mass is 35.5. The Morgan fingerprint density at radius 2 is 1.93 bits per heavy atom. The van der Waals surface area contributed by atoms with Crippen LogP contribution in [0.3, 0.4) is 0 Å². The summed E-state index contributed by atoms with van der Waals surface area (Å²) in [5, 5.41) is 13.2. The molecule has 164 valence electrons. The second-order valence-electron chi connectivity index (χ2n) is 8.02. The lowest BCUT2D eigenvalue weighted by Crippen LogP contribution is -2.26. The summed E-state index contributed by atoms with van der Waals surface area (Å²) in [6.07, 6.45) is 2.31. The van der Waals surface area contributed by atoms with Crippen molar-refractivity contribution in [2.75, 3.05) is 6.61 Å². The number of hydrogen-bond acceptors (Lipinski definition) is 6. The molecule has 1 heterocycles. The van der Waals surface area contributed by atoms with Gasteiger partial charge >= 0.3 is 0 Å². The summed E-state index contributed by atoms with van der Waals surface area (Å²) in [5.41, 5.74) is 0.543. The third kappa shape index (κ3) is 6.15. The summed E-state index contributed by atoms with van der Waals surface area (Å²) in [7, 11) is 0. The van der Waals surface area contributed by atoms with Crippen LogP contribution in [0.15, 0.2) is 35.3 Å². The monoisotopic (exact) mass is 437 g/mol. The maximum Gasteiger partial charge on any atom is 0.251 e. The molecule has 0 saturated heterocycles. The third-order valence-corrected chi connectivity index (χ3v) is 4.85. The van der Waals surface area contributed by atoms with Crippen molar-refractivity contribution >= 4 is 17.4 Å². The first kappa shape index (κ1) is 24.1. The Hall–Kier alpha value is -2.19. The van der Waals surface area contributed by atoms with Gasteiger partial charge in [0, 0.05) is 41.3 Å². The van der Waals surface area contributed by atoms with E-state index in [1.807, 2.05) is 27.7 Å². The van der Waals surface area contributed by atoms with E-state index >= 15 is 0 Å². The van der Waals surface area contributed by atoms with Crippen molar-refractivity contribution in [3.63, 3.8) is 0 Å². The molecule has 0 amide bonds. The molecule has 1 N–H and O–H groups in total. The average molecular weight is 438 g/mol. The highest BCUT2D eigenvalue weighted by Gasteiger charge is 2.20. The Morgan fingerprint density at radius 3 is 2.53 bits per heavy atom. The molecule has 0 saturated carbocycles. The van der Waals surface area contributed by atoms with Gasteiger partial charge in [-0.2, -0.15) is 0 Å². The number of aromatic nitrogens is 1. The van der Waals surface area contributed by atoms with Gasteiger partial charge in [0.05, 0.1) is 11.8 Å². The molecule has 7 nitrogen and oxygen atoms in total. The summed E-state index contributed by atoms with van der Waals surface area (Å²) < 4.78 is 7.20. The zero-order valence-corrected chi connectivity index (χ0v) is 18.7. The smallest absolute Gasteiger partial charge is 0.251 e. The molecule has 2 rings (SSSR count). The quantitative estimate of drug-likeness (QED) is 0.325. The summed E-state index contributed by atoms with van der Waals surface area (Å²) in [6, 6.07) is 5.92. The Bertz CT molecular complexity index is 948. The van der Waals surface area contributed by atoms with Crippen molar-refractivity contribution in [3.8, 4) is 16.9 Å². The van der Waals surface area contributed by atoms with Gasteiger partial charge < -0.3 is 14.2 Å². The van der Waals surface area contributed by atoms with E-state index in [1.165, 1.54) is 16.8 Å². The molecular formula is C22H28ClNO6. The molecule has 0 aliphatic carbocycles. The SMILES string of the molecule is CCC(=O)c1ccc(Cl)cc1-c1cc(=O)n(C(C)CCOC(C)(C)C)cc1OOO. The van der Waals surface area contributed by atoms with Crippen molar-refractivity contribution in [2.24, 2.45) is 0 Å². The number of carbonyl (C=O) groups is 1. The number of pyridine rings is 1. The molecule has 0 fully saturated rings. The largest absolute Gasteiger partial charge is 0.376 e. The van der Waals surface area contributed by atoms with Gasteiger partial charge in [-0.05, 0) is 62.9 Å². The maximum atomic E-state index is 12.9. The number of rotatable bonds is 9. The molecule has 0 bridgehead atoms. The van der Waals surface area contributed by atoms with E-state index in [4.69, 9.17) is 26.5 Å². The standard InChI is InChI=1S/C22H28ClNO6/c1-6-19(25)16-8-7-15(23)11-17(16)18-12-21(26)24(13-20(18)29-30-27)14(2)9-10-28-22(3,4)5/h7-8,11-14,27H,6,9-10H2,1-5H3. The van der Waals surface area contributed by atoms with Gasteiger partial charge in [-0.3, -0.25) is 9.59 Å². The molecule has 0 spiro atoms. The fraction of sp³-hybridized carbons (Fsp3) is 0.455. The van der Waals surface area contributed by atoms with Crippen LogP contribution >= 0.6 is 11.6 Å². The molecule has 2 aromatic rings. The van der Waals surface area contributed by atoms with Gasteiger partial charge in [0.2, 0.25) is 0 Å². The Kier molecular flexibility index (Phi) is 8.20. The minimum Gasteiger partial charge on any atom is -0.376 e. The van der Waals surface area contributed by atoms with Crippen LogP contribution in [-0.2, 0) is 9.78 Å².